The van der Waals surface area contributed by atoms with Gasteiger partial charge in [-0.15, -0.1) is 11.3 Å². The maximum absolute atomic E-state index is 10.6. The third kappa shape index (κ3) is 2.29. The van der Waals surface area contributed by atoms with Crippen LogP contribution in [0, 0.1) is 0 Å². The fraction of sp³-hybridized carbons (Fsp3) is 0.167. The molecule has 2 aromatic rings. The average Bonchev–Trinajstić information content (AvgIpc) is 2.86. The highest BCUT2D eigenvalue weighted by Crippen LogP contribution is 2.34. The summed E-state index contributed by atoms with van der Waals surface area (Å²) in [5, 5.41) is 2.45. The Morgan fingerprint density at radius 2 is 2.12 bits per heavy atom. The number of thiazole rings is 1. The number of carbonyl (C=O) groups is 1. The normalized spacial score (nSPS) is 10.0. The number of aromatic nitrogens is 1. The molecule has 4 nitrogen and oxygen atoms in total. The molecule has 0 radical (unpaired) electrons. The Hall–Kier alpha value is -1.88. The summed E-state index contributed by atoms with van der Waals surface area (Å²) in [7, 11) is 3.20. The molecule has 0 N–H and O–H groups in total. The third-order valence-electron chi connectivity index (χ3n) is 2.28. The van der Waals surface area contributed by atoms with Crippen LogP contribution in [-0.4, -0.2) is 25.5 Å². The molecule has 5 heteroatoms. The van der Waals surface area contributed by atoms with Crippen LogP contribution in [0.15, 0.2) is 23.6 Å². The van der Waals surface area contributed by atoms with Gasteiger partial charge < -0.3 is 9.47 Å². The standard InChI is InChI=1S/C12H11NO3S/c1-15-9-3-4-11(16-2)10(5-9)12-13-8(6-14)7-17-12/h3-7H,1-2H3. The van der Waals surface area contributed by atoms with Gasteiger partial charge in [-0.05, 0) is 18.2 Å². The fourth-order valence-corrected chi connectivity index (χ4v) is 2.23. The lowest BCUT2D eigenvalue weighted by Gasteiger charge is -2.07. The second-order valence-corrected chi connectivity index (χ2v) is 4.12. The smallest absolute Gasteiger partial charge is 0.169 e. The van der Waals surface area contributed by atoms with Gasteiger partial charge in [-0.1, -0.05) is 0 Å². The SMILES string of the molecule is COc1ccc(OC)c(-c2nc(C=O)cs2)c1. The molecule has 1 aromatic carbocycles. The topological polar surface area (TPSA) is 48.4 Å². The van der Waals surface area contributed by atoms with Crippen molar-refractivity contribution in [1.29, 1.82) is 0 Å². The number of rotatable bonds is 4. The monoisotopic (exact) mass is 249 g/mol. The lowest BCUT2D eigenvalue weighted by atomic mass is 10.2. The molecule has 0 aliphatic carbocycles. The van der Waals surface area contributed by atoms with E-state index in [9.17, 15) is 4.79 Å². The first-order valence-corrected chi connectivity index (χ1v) is 5.79. The molecule has 0 aliphatic rings. The van der Waals surface area contributed by atoms with Crippen molar-refractivity contribution in [1.82, 2.24) is 4.98 Å². The van der Waals surface area contributed by atoms with Crippen molar-refractivity contribution >= 4 is 17.6 Å². The number of aldehydes is 1. The summed E-state index contributed by atoms with van der Waals surface area (Å²) in [5.41, 5.74) is 1.25. The van der Waals surface area contributed by atoms with Gasteiger partial charge in [0, 0.05) is 5.38 Å². The molecule has 2 rings (SSSR count). The van der Waals surface area contributed by atoms with Crippen molar-refractivity contribution in [3.63, 3.8) is 0 Å². The predicted molar refractivity (Wildman–Crippen MR) is 66.0 cm³/mol. The van der Waals surface area contributed by atoms with E-state index in [2.05, 4.69) is 4.98 Å². The minimum Gasteiger partial charge on any atom is -0.497 e. The highest BCUT2D eigenvalue weighted by atomic mass is 32.1. The van der Waals surface area contributed by atoms with Crippen LogP contribution in [0.2, 0.25) is 0 Å². The lowest BCUT2D eigenvalue weighted by molar-refractivity contribution is 0.111. The van der Waals surface area contributed by atoms with Crippen molar-refractivity contribution in [3.8, 4) is 22.1 Å². The fourth-order valence-electron chi connectivity index (χ4n) is 1.45. The zero-order chi connectivity index (χ0) is 12.3. The molecule has 0 saturated heterocycles. The van der Waals surface area contributed by atoms with Gasteiger partial charge in [0.25, 0.3) is 0 Å². The minimum atomic E-state index is 0.426. The third-order valence-corrected chi connectivity index (χ3v) is 3.17. The quantitative estimate of drug-likeness (QED) is 0.781. The molecule has 1 aromatic heterocycles. The summed E-state index contributed by atoms with van der Waals surface area (Å²) in [6, 6.07) is 5.47. The summed E-state index contributed by atoms with van der Waals surface area (Å²) < 4.78 is 10.4. The van der Waals surface area contributed by atoms with E-state index in [1.807, 2.05) is 18.2 Å². The maximum atomic E-state index is 10.6. The van der Waals surface area contributed by atoms with Crippen LogP contribution in [0.4, 0.5) is 0 Å². The van der Waals surface area contributed by atoms with Crippen molar-refractivity contribution in [2.45, 2.75) is 0 Å². The molecule has 0 aliphatic heterocycles. The molecule has 1 heterocycles. The van der Waals surface area contributed by atoms with Crippen molar-refractivity contribution < 1.29 is 14.3 Å². The Kier molecular flexibility index (Phi) is 3.39. The van der Waals surface area contributed by atoms with E-state index in [1.165, 1.54) is 11.3 Å². The van der Waals surface area contributed by atoms with Crippen LogP contribution in [0.5, 0.6) is 11.5 Å². The summed E-state index contributed by atoms with van der Waals surface area (Å²) in [6.45, 7) is 0. The molecule has 0 bridgehead atoms. The van der Waals surface area contributed by atoms with Crippen molar-refractivity contribution in [3.05, 3.63) is 29.3 Å². The van der Waals surface area contributed by atoms with Crippen LogP contribution in [0.3, 0.4) is 0 Å². The Morgan fingerprint density at radius 1 is 1.29 bits per heavy atom. The summed E-state index contributed by atoms with van der Waals surface area (Å²) in [4.78, 5) is 14.8. The van der Waals surface area contributed by atoms with E-state index in [4.69, 9.17) is 9.47 Å². The Morgan fingerprint density at radius 3 is 2.71 bits per heavy atom. The highest BCUT2D eigenvalue weighted by Gasteiger charge is 2.11. The summed E-state index contributed by atoms with van der Waals surface area (Å²) in [5.74, 6) is 1.43. The first-order chi connectivity index (χ1) is 8.28. The zero-order valence-corrected chi connectivity index (χ0v) is 10.3. The van der Waals surface area contributed by atoms with Crippen LogP contribution in [0.25, 0.3) is 10.6 Å². The number of ether oxygens (including phenoxy) is 2. The first-order valence-electron chi connectivity index (χ1n) is 4.91. The van der Waals surface area contributed by atoms with E-state index in [0.717, 1.165) is 22.6 Å². The maximum Gasteiger partial charge on any atom is 0.169 e. The summed E-state index contributed by atoms with van der Waals surface area (Å²) >= 11 is 1.40. The first kappa shape index (κ1) is 11.6. The van der Waals surface area contributed by atoms with Crippen LogP contribution < -0.4 is 9.47 Å². The number of hydrogen-bond acceptors (Lipinski definition) is 5. The lowest BCUT2D eigenvalue weighted by Crippen LogP contribution is -1.90. The van der Waals surface area contributed by atoms with E-state index in [0.29, 0.717) is 11.4 Å². The zero-order valence-electron chi connectivity index (χ0n) is 9.47. The molecular weight excluding hydrogens is 238 g/mol. The Balaban J connectivity index is 2.51. The van der Waals surface area contributed by atoms with Crippen molar-refractivity contribution in [2.75, 3.05) is 14.2 Å². The molecule has 0 amide bonds. The van der Waals surface area contributed by atoms with Gasteiger partial charge in [-0.2, -0.15) is 0 Å². The largest absolute Gasteiger partial charge is 0.497 e. The molecule has 0 unspecified atom stereocenters. The van der Waals surface area contributed by atoms with Crippen LogP contribution in [-0.2, 0) is 0 Å². The molecular formula is C12H11NO3S. The Bertz CT molecular complexity index is 536. The molecule has 88 valence electrons. The van der Waals surface area contributed by atoms with Gasteiger partial charge in [0.1, 0.15) is 22.2 Å². The van der Waals surface area contributed by atoms with E-state index in [-0.39, 0.29) is 0 Å². The number of hydrogen-bond donors (Lipinski definition) is 0. The second-order valence-electron chi connectivity index (χ2n) is 3.26. The Labute approximate surface area is 103 Å². The van der Waals surface area contributed by atoms with Gasteiger partial charge >= 0.3 is 0 Å². The van der Waals surface area contributed by atoms with Crippen LogP contribution >= 0.6 is 11.3 Å². The second kappa shape index (κ2) is 4.97. The molecule has 0 saturated carbocycles. The molecule has 17 heavy (non-hydrogen) atoms. The average molecular weight is 249 g/mol. The number of carbonyl (C=O) groups excluding carboxylic acids is 1. The van der Waals surface area contributed by atoms with Gasteiger partial charge in [-0.3, -0.25) is 4.79 Å². The summed E-state index contributed by atoms with van der Waals surface area (Å²) in [6.07, 6.45) is 0.729. The minimum absolute atomic E-state index is 0.426. The van der Waals surface area contributed by atoms with Gasteiger partial charge in [0.05, 0.1) is 19.8 Å². The number of benzene rings is 1. The van der Waals surface area contributed by atoms with E-state index < -0.39 is 0 Å². The molecule has 0 atom stereocenters. The number of methoxy groups -OCH3 is 2. The van der Waals surface area contributed by atoms with Crippen LogP contribution in [0.1, 0.15) is 10.5 Å². The van der Waals surface area contributed by atoms with E-state index >= 15 is 0 Å². The van der Waals surface area contributed by atoms with Crippen molar-refractivity contribution in [2.24, 2.45) is 0 Å². The van der Waals surface area contributed by atoms with Gasteiger partial charge in [0.2, 0.25) is 0 Å². The van der Waals surface area contributed by atoms with Gasteiger partial charge in [0.15, 0.2) is 6.29 Å². The predicted octanol–water partition coefficient (Wildman–Crippen LogP) is 2.64. The molecule has 0 fully saturated rings. The number of nitrogens with zero attached hydrogens (tertiary/aromatic N) is 1. The molecule has 0 spiro atoms. The van der Waals surface area contributed by atoms with Gasteiger partial charge in [-0.25, -0.2) is 4.98 Å². The van der Waals surface area contributed by atoms with E-state index in [1.54, 1.807) is 19.6 Å². The highest BCUT2D eigenvalue weighted by molar-refractivity contribution is 7.13.